The Morgan fingerprint density at radius 1 is 1.07 bits per heavy atom. The van der Waals surface area contributed by atoms with E-state index < -0.39 is 0 Å². The van der Waals surface area contributed by atoms with Gasteiger partial charge in [0, 0.05) is 24.9 Å². The molecule has 1 amide bonds. The minimum atomic E-state index is -0.364. The highest BCUT2D eigenvalue weighted by Gasteiger charge is 2.43. The Morgan fingerprint density at radius 2 is 1.69 bits per heavy atom. The van der Waals surface area contributed by atoms with E-state index in [0.29, 0.717) is 18.4 Å². The summed E-state index contributed by atoms with van der Waals surface area (Å²) in [6.45, 7) is 5.33. The molecule has 0 saturated carbocycles. The van der Waals surface area contributed by atoms with Gasteiger partial charge in [0.15, 0.2) is 5.78 Å². The SMILES string of the molecule is CC(=O)N(C(C)CCC(=O)c1ccc(F)cc1)C1(c2ccccc2)CCNCC1. The average Bonchev–Trinajstić information content (AvgIpc) is 2.73. The number of amides is 1. The van der Waals surface area contributed by atoms with Gasteiger partial charge in [0.05, 0.1) is 5.54 Å². The molecule has 5 heteroatoms. The van der Waals surface area contributed by atoms with Crippen molar-refractivity contribution in [3.05, 3.63) is 71.5 Å². The molecule has 4 nitrogen and oxygen atoms in total. The van der Waals surface area contributed by atoms with Crippen molar-refractivity contribution in [1.29, 1.82) is 0 Å². The summed E-state index contributed by atoms with van der Waals surface area (Å²) in [5.74, 6) is -0.356. The zero-order valence-corrected chi connectivity index (χ0v) is 17.2. The van der Waals surface area contributed by atoms with Gasteiger partial charge in [-0.25, -0.2) is 4.39 Å². The Labute approximate surface area is 172 Å². The summed E-state index contributed by atoms with van der Waals surface area (Å²) < 4.78 is 13.1. The Balaban J connectivity index is 1.80. The van der Waals surface area contributed by atoms with E-state index in [9.17, 15) is 14.0 Å². The number of carbonyl (C=O) groups is 2. The number of benzene rings is 2. The smallest absolute Gasteiger partial charge is 0.220 e. The van der Waals surface area contributed by atoms with Crippen LogP contribution < -0.4 is 5.32 Å². The van der Waals surface area contributed by atoms with Crippen LogP contribution in [-0.2, 0) is 10.3 Å². The first kappa shape index (κ1) is 21.2. The lowest BCUT2D eigenvalue weighted by atomic mass is 9.78. The Kier molecular flexibility index (Phi) is 6.80. The minimum Gasteiger partial charge on any atom is -0.330 e. The highest BCUT2D eigenvalue weighted by atomic mass is 19.1. The number of hydrogen-bond donors (Lipinski definition) is 1. The van der Waals surface area contributed by atoms with Gasteiger partial charge < -0.3 is 10.2 Å². The van der Waals surface area contributed by atoms with E-state index in [0.717, 1.165) is 31.5 Å². The van der Waals surface area contributed by atoms with E-state index in [1.54, 1.807) is 6.92 Å². The average molecular weight is 397 g/mol. The highest BCUT2D eigenvalue weighted by molar-refractivity contribution is 5.96. The van der Waals surface area contributed by atoms with Crippen LogP contribution in [0.4, 0.5) is 4.39 Å². The maximum Gasteiger partial charge on any atom is 0.220 e. The third-order valence-electron chi connectivity index (χ3n) is 5.94. The summed E-state index contributed by atoms with van der Waals surface area (Å²) >= 11 is 0. The zero-order chi connectivity index (χ0) is 20.9. The van der Waals surface area contributed by atoms with Crippen molar-refractivity contribution in [2.75, 3.05) is 13.1 Å². The fraction of sp³-hybridized carbons (Fsp3) is 0.417. The molecule has 1 atom stereocenters. The van der Waals surface area contributed by atoms with Gasteiger partial charge >= 0.3 is 0 Å². The second kappa shape index (κ2) is 9.31. The Bertz CT molecular complexity index is 830. The van der Waals surface area contributed by atoms with Crippen molar-refractivity contribution >= 4 is 11.7 Å². The maximum absolute atomic E-state index is 13.1. The first-order valence-corrected chi connectivity index (χ1v) is 10.3. The third kappa shape index (κ3) is 4.73. The monoisotopic (exact) mass is 396 g/mol. The van der Waals surface area contributed by atoms with Gasteiger partial charge in [-0.3, -0.25) is 9.59 Å². The predicted molar refractivity (Wildman–Crippen MR) is 112 cm³/mol. The first-order chi connectivity index (χ1) is 13.9. The van der Waals surface area contributed by atoms with Crippen LogP contribution in [0.25, 0.3) is 0 Å². The van der Waals surface area contributed by atoms with Gasteiger partial charge in [0.25, 0.3) is 0 Å². The largest absolute Gasteiger partial charge is 0.330 e. The molecule has 0 aromatic heterocycles. The molecular weight excluding hydrogens is 367 g/mol. The van der Waals surface area contributed by atoms with E-state index in [1.165, 1.54) is 24.3 Å². The van der Waals surface area contributed by atoms with Crippen molar-refractivity contribution in [1.82, 2.24) is 10.2 Å². The van der Waals surface area contributed by atoms with Crippen molar-refractivity contribution < 1.29 is 14.0 Å². The molecule has 0 bridgehead atoms. The summed E-state index contributed by atoms with van der Waals surface area (Å²) in [6, 6.07) is 15.8. The van der Waals surface area contributed by atoms with E-state index >= 15 is 0 Å². The second-order valence-corrected chi connectivity index (χ2v) is 7.85. The lowest BCUT2D eigenvalue weighted by Crippen LogP contribution is -2.57. The molecule has 2 aromatic rings. The van der Waals surface area contributed by atoms with E-state index in [2.05, 4.69) is 17.4 Å². The molecule has 1 heterocycles. The van der Waals surface area contributed by atoms with Crippen LogP contribution in [0.3, 0.4) is 0 Å². The number of Topliss-reactive ketones (excluding diaryl/α,β-unsaturated/α-hetero) is 1. The summed E-state index contributed by atoms with van der Waals surface area (Å²) in [5.41, 5.74) is 1.29. The van der Waals surface area contributed by atoms with Crippen LogP contribution in [0.5, 0.6) is 0 Å². The molecule has 1 fully saturated rings. The van der Waals surface area contributed by atoms with Crippen molar-refractivity contribution in [2.45, 2.75) is 51.1 Å². The molecule has 3 rings (SSSR count). The van der Waals surface area contributed by atoms with Crippen LogP contribution in [0, 0.1) is 5.82 Å². The molecule has 1 aliphatic heterocycles. The Morgan fingerprint density at radius 3 is 2.28 bits per heavy atom. The van der Waals surface area contributed by atoms with E-state index in [4.69, 9.17) is 0 Å². The van der Waals surface area contributed by atoms with Crippen LogP contribution in [0.15, 0.2) is 54.6 Å². The number of nitrogens with one attached hydrogen (secondary N) is 1. The van der Waals surface area contributed by atoms with Crippen molar-refractivity contribution in [3.8, 4) is 0 Å². The van der Waals surface area contributed by atoms with Crippen molar-refractivity contribution in [2.24, 2.45) is 0 Å². The van der Waals surface area contributed by atoms with Crippen LogP contribution in [0.1, 0.15) is 55.5 Å². The highest BCUT2D eigenvalue weighted by Crippen LogP contribution is 2.39. The molecule has 1 saturated heterocycles. The van der Waals surface area contributed by atoms with Crippen molar-refractivity contribution in [3.63, 3.8) is 0 Å². The first-order valence-electron chi connectivity index (χ1n) is 10.3. The number of nitrogens with zero attached hydrogens (tertiary/aromatic N) is 1. The lowest BCUT2D eigenvalue weighted by molar-refractivity contribution is -0.141. The van der Waals surface area contributed by atoms with Gasteiger partial charge in [-0.05, 0) is 69.1 Å². The molecule has 1 aliphatic rings. The number of halogens is 1. The molecular formula is C24H29FN2O2. The standard InChI is InChI=1S/C24H29FN2O2/c1-18(8-13-23(29)20-9-11-22(25)12-10-20)27(19(2)28)24(14-16-26-17-15-24)21-6-4-3-5-7-21/h3-7,9-12,18,26H,8,13-17H2,1-2H3. The molecule has 0 radical (unpaired) electrons. The molecule has 29 heavy (non-hydrogen) atoms. The molecule has 154 valence electrons. The van der Waals surface area contributed by atoms with Gasteiger partial charge in [0.1, 0.15) is 5.82 Å². The summed E-state index contributed by atoms with van der Waals surface area (Å²) in [5, 5.41) is 3.40. The van der Waals surface area contributed by atoms with Gasteiger partial charge in [-0.15, -0.1) is 0 Å². The van der Waals surface area contributed by atoms with E-state index in [-0.39, 0.29) is 29.1 Å². The normalized spacial score (nSPS) is 16.8. The van der Waals surface area contributed by atoms with E-state index in [1.807, 2.05) is 30.0 Å². The molecule has 1 unspecified atom stereocenters. The fourth-order valence-corrected chi connectivity index (χ4v) is 4.54. The predicted octanol–water partition coefficient (Wildman–Crippen LogP) is 4.30. The number of piperidine rings is 1. The number of ketones is 1. The van der Waals surface area contributed by atoms with Crippen LogP contribution in [-0.4, -0.2) is 35.7 Å². The van der Waals surface area contributed by atoms with Gasteiger partial charge in [0.2, 0.25) is 5.91 Å². The quantitative estimate of drug-likeness (QED) is 0.710. The third-order valence-corrected chi connectivity index (χ3v) is 5.94. The number of carbonyl (C=O) groups excluding carboxylic acids is 2. The Hall–Kier alpha value is -2.53. The zero-order valence-electron chi connectivity index (χ0n) is 17.2. The molecule has 1 N–H and O–H groups in total. The van der Waals surface area contributed by atoms with Crippen LogP contribution >= 0.6 is 0 Å². The van der Waals surface area contributed by atoms with Gasteiger partial charge in [-0.2, -0.15) is 0 Å². The second-order valence-electron chi connectivity index (χ2n) is 7.85. The van der Waals surface area contributed by atoms with Crippen LogP contribution in [0.2, 0.25) is 0 Å². The van der Waals surface area contributed by atoms with Gasteiger partial charge in [-0.1, -0.05) is 30.3 Å². The number of rotatable bonds is 7. The maximum atomic E-state index is 13.1. The summed E-state index contributed by atoms with van der Waals surface area (Å²) in [4.78, 5) is 27.3. The summed E-state index contributed by atoms with van der Waals surface area (Å²) in [7, 11) is 0. The minimum absolute atomic E-state index is 0.0254. The number of hydrogen-bond acceptors (Lipinski definition) is 3. The molecule has 0 aliphatic carbocycles. The fourth-order valence-electron chi connectivity index (χ4n) is 4.54. The molecule has 0 spiro atoms. The summed E-state index contributed by atoms with van der Waals surface area (Å²) in [6.07, 6.45) is 2.57. The molecule has 2 aromatic carbocycles. The topological polar surface area (TPSA) is 49.4 Å². The lowest BCUT2D eigenvalue weighted by Gasteiger charge is -2.49.